The summed E-state index contributed by atoms with van der Waals surface area (Å²) in [5.41, 5.74) is 1.16. The van der Waals surface area contributed by atoms with Crippen molar-refractivity contribution in [1.82, 2.24) is 14.8 Å². The molecule has 1 aliphatic rings. The number of aromatic nitrogens is 3. The molecule has 1 aliphatic carbocycles. The Morgan fingerprint density at radius 2 is 2.48 bits per heavy atom. The fourth-order valence-electron chi connectivity index (χ4n) is 2.45. The summed E-state index contributed by atoms with van der Waals surface area (Å²) < 4.78 is 1.66. The number of aryl methyl sites for hydroxylation is 2. The molecule has 112 valence electrons. The highest BCUT2D eigenvalue weighted by atomic mass is 35.5. The minimum Gasteiger partial charge on any atom is -0.302 e. The number of hydrogen-bond donors (Lipinski definition) is 1. The molecule has 0 saturated carbocycles. The van der Waals surface area contributed by atoms with Crippen LogP contribution in [0.3, 0.4) is 0 Å². The highest BCUT2D eigenvalue weighted by molar-refractivity contribution is 7.15. The van der Waals surface area contributed by atoms with Gasteiger partial charge >= 0.3 is 0 Å². The second-order valence-electron chi connectivity index (χ2n) is 5.46. The van der Waals surface area contributed by atoms with E-state index in [1.54, 1.807) is 28.4 Å². The van der Waals surface area contributed by atoms with Gasteiger partial charge in [-0.15, -0.1) is 11.3 Å². The van der Waals surface area contributed by atoms with Crippen LogP contribution in [0.5, 0.6) is 0 Å². The van der Waals surface area contributed by atoms with E-state index in [4.69, 9.17) is 11.6 Å². The summed E-state index contributed by atoms with van der Waals surface area (Å²) in [6.45, 7) is 2.77. The van der Waals surface area contributed by atoms with E-state index in [1.165, 1.54) is 11.3 Å². The van der Waals surface area contributed by atoms with Crippen LogP contribution < -0.4 is 5.32 Å². The van der Waals surface area contributed by atoms with Crippen molar-refractivity contribution in [3.05, 3.63) is 28.0 Å². The molecular formula is C14H17ClN4OS. The Balaban J connectivity index is 1.55. The number of nitrogens with one attached hydrogen (secondary N) is 1. The Bertz CT molecular complexity index is 651. The summed E-state index contributed by atoms with van der Waals surface area (Å²) in [7, 11) is 0. The largest absolute Gasteiger partial charge is 0.302 e. The van der Waals surface area contributed by atoms with Crippen LogP contribution in [0.4, 0.5) is 5.13 Å². The van der Waals surface area contributed by atoms with Crippen molar-refractivity contribution in [3.63, 3.8) is 0 Å². The molecule has 5 nitrogen and oxygen atoms in total. The van der Waals surface area contributed by atoms with Gasteiger partial charge in [0.1, 0.15) is 0 Å². The van der Waals surface area contributed by atoms with Crippen LogP contribution in [0.2, 0.25) is 5.02 Å². The first-order valence-corrected chi connectivity index (χ1v) is 8.26. The topological polar surface area (TPSA) is 59.8 Å². The lowest BCUT2D eigenvalue weighted by Crippen LogP contribution is -2.14. The lowest BCUT2D eigenvalue weighted by Gasteiger charge is -2.15. The Morgan fingerprint density at radius 3 is 3.24 bits per heavy atom. The summed E-state index contributed by atoms with van der Waals surface area (Å²) >= 11 is 7.39. The minimum atomic E-state index is -0.0410. The van der Waals surface area contributed by atoms with Crippen molar-refractivity contribution < 1.29 is 4.79 Å². The van der Waals surface area contributed by atoms with Gasteiger partial charge in [-0.05, 0) is 25.2 Å². The molecule has 0 saturated heterocycles. The number of carbonyl (C=O) groups excluding carboxylic acids is 1. The van der Waals surface area contributed by atoms with Gasteiger partial charge in [-0.1, -0.05) is 18.5 Å². The van der Waals surface area contributed by atoms with Gasteiger partial charge in [0, 0.05) is 24.0 Å². The van der Waals surface area contributed by atoms with E-state index in [1.807, 2.05) is 0 Å². The standard InChI is InChI=1S/C14H17ClN4OS/c1-9-2-3-11-12(6-9)21-14(17-11)18-13(20)4-5-19-8-10(15)7-16-19/h7-9H,2-6H2,1H3,(H,17,18,20). The molecule has 1 amide bonds. The van der Waals surface area contributed by atoms with E-state index in [-0.39, 0.29) is 5.91 Å². The number of fused-ring (bicyclic) bond motifs is 1. The zero-order valence-electron chi connectivity index (χ0n) is 11.8. The number of rotatable bonds is 4. The quantitative estimate of drug-likeness (QED) is 0.939. The van der Waals surface area contributed by atoms with E-state index >= 15 is 0 Å². The molecule has 21 heavy (non-hydrogen) atoms. The fourth-order valence-corrected chi connectivity index (χ4v) is 3.80. The summed E-state index contributed by atoms with van der Waals surface area (Å²) in [6, 6.07) is 0. The first kappa shape index (κ1) is 14.5. The maximum atomic E-state index is 12.0. The minimum absolute atomic E-state index is 0.0410. The number of carbonyl (C=O) groups is 1. The maximum absolute atomic E-state index is 12.0. The molecule has 1 atom stereocenters. The van der Waals surface area contributed by atoms with Crippen molar-refractivity contribution in [2.75, 3.05) is 5.32 Å². The monoisotopic (exact) mass is 324 g/mol. The molecule has 0 aliphatic heterocycles. The summed E-state index contributed by atoms with van der Waals surface area (Å²) in [5, 5.41) is 8.23. The van der Waals surface area contributed by atoms with Crippen LogP contribution in [-0.2, 0) is 24.2 Å². The molecule has 0 fully saturated rings. The van der Waals surface area contributed by atoms with Crippen molar-refractivity contribution in [3.8, 4) is 0 Å². The molecule has 0 spiro atoms. The fraction of sp³-hybridized carbons (Fsp3) is 0.500. The van der Waals surface area contributed by atoms with Crippen LogP contribution in [0, 0.1) is 5.92 Å². The Morgan fingerprint density at radius 1 is 1.62 bits per heavy atom. The zero-order valence-corrected chi connectivity index (χ0v) is 13.4. The number of halogens is 1. The highest BCUT2D eigenvalue weighted by Crippen LogP contribution is 2.32. The third-order valence-corrected chi connectivity index (χ3v) is 4.83. The molecule has 0 bridgehead atoms. The molecule has 2 aromatic heterocycles. The average Bonchev–Trinajstić information content (AvgIpc) is 3.01. The summed E-state index contributed by atoms with van der Waals surface area (Å²) in [4.78, 5) is 17.8. The predicted molar refractivity (Wildman–Crippen MR) is 83.8 cm³/mol. The third kappa shape index (κ3) is 3.63. The average molecular weight is 325 g/mol. The van der Waals surface area contributed by atoms with Crippen molar-refractivity contribution in [1.29, 1.82) is 0 Å². The van der Waals surface area contributed by atoms with Gasteiger partial charge in [-0.2, -0.15) is 5.10 Å². The number of nitrogens with zero attached hydrogens (tertiary/aromatic N) is 3. The molecule has 3 rings (SSSR count). The lowest BCUT2D eigenvalue weighted by molar-refractivity contribution is -0.116. The molecule has 1 N–H and O–H groups in total. The number of thiazole rings is 1. The SMILES string of the molecule is CC1CCc2nc(NC(=O)CCn3cc(Cl)cn3)sc2C1. The van der Waals surface area contributed by atoms with Crippen molar-refractivity contribution in [2.24, 2.45) is 5.92 Å². The van der Waals surface area contributed by atoms with E-state index in [9.17, 15) is 4.79 Å². The molecule has 2 aromatic rings. The molecular weight excluding hydrogens is 308 g/mol. The van der Waals surface area contributed by atoms with Gasteiger partial charge in [0.05, 0.1) is 16.9 Å². The summed E-state index contributed by atoms with van der Waals surface area (Å²) in [6.07, 6.45) is 6.92. The number of anilines is 1. The van der Waals surface area contributed by atoms with E-state index in [0.29, 0.717) is 23.9 Å². The number of amides is 1. The molecule has 7 heteroatoms. The molecule has 1 unspecified atom stereocenters. The summed E-state index contributed by atoms with van der Waals surface area (Å²) in [5.74, 6) is 0.673. The van der Waals surface area contributed by atoms with E-state index in [0.717, 1.165) is 23.7 Å². The van der Waals surface area contributed by atoms with Crippen molar-refractivity contribution >= 4 is 34.0 Å². The van der Waals surface area contributed by atoms with Gasteiger partial charge in [0.15, 0.2) is 5.13 Å². The van der Waals surface area contributed by atoms with Gasteiger partial charge in [0.25, 0.3) is 0 Å². The van der Waals surface area contributed by atoms with Crippen molar-refractivity contribution in [2.45, 2.75) is 39.2 Å². The van der Waals surface area contributed by atoms with E-state index in [2.05, 4.69) is 22.3 Å². The first-order chi connectivity index (χ1) is 10.1. The third-order valence-electron chi connectivity index (χ3n) is 3.60. The van der Waals surface area contributed by atoms with Gasteiger partial charge in [0.2, 0.25) is 5.91 Å². The smallest absolute Gasteiger partial charge is 0.228 e. The van der Waals surface area contributed by atoms with Crippen LogP contribution in [-0.4, -0.2) is 20.7 Å². The Kier molecular flexibility index (Phi) is 4.26. The predicted octanol–water partition coefficient (Wildman–Crippen LogP) is 3.15. The second-order valence-corrected chi connectivity index (χ2v) is 6.98. The Hall–Kier alpha value is -1.40. The maximum Gasteiger partial charge on any atom is 0.228 e. The highest BCUT2D eigenvalue weighted by Gasteiger charge is 2.20. The van der Waals surface area contributed by atoms with Gasteiger partial charge in [-0.25, -0.2) is 4.98 Å². The zero-order chi connectivity index (χ0) is 14.8. The lowest BCUT2D eigenvalue weighted by atomic mass is 9.93. The molecule has 0 aromatic carbocycles. The number of hydrogen-bond acceptors (Lipinski definition) is 4. The van der Waals surface area contributed by atoms with Crippen LogP contribution >= 0.6 is 22.9 Å². The first-order valence-electron chi connectivity index (χ1n) is 7.06. The van der Waals surface area contributed by atoms with E-state index < -0.39 is 0 Å². The second kappa shape index (κ2) is 6.15. The van der Waals surface area contributed by atoms with Gasteiger partial charge in [-0.3, -0.25) is 9.48 Å². The normalized spacial score (nSPS) is 17.5. The molecule has 0 radical (unpaired) electrons. The van der Waals surface area contributed by atoms with Crippen LogP contribution in [0.25, 0.3) is 0 Å². The Labute approximate surface area is 132 Å². The van der Waals surface area contributed by atoms with Crippen LogP contribution in [0.1, 0.15) is 30.3 Å². The van der Waals surface area contributed by atoms with Gasteiger partial charge < -0.3 is 5.32 Å². The molecule has 2 heterocycles. The van der Waals surface area contributed by atoms with Crippen LogP contribution in [0.15, 0.2) is 12.4 Å².